The fraction of sp³-hybridized carbons (Fsp3) is 0.500. The molecule has 1 atom stereocenters. The van der Waals surface area contributed by atoms with E-state index in [0.29, 0.717) is 12.6 Å². The van der Waals surface area contributed by atoms with Crippen LogP contribution >= 0.6 is 11.6 Å². The molecular weight excluding hydrogens is 210 g/mol. The molecule has 0 spiro atoms. The number of likely N-dealkylation sites (N-methyl/N-ethyl adjacent to an activating group) is 1. The first-order valence-corrected chi connectivity index (χ1v) is 5.46. The summed E-state index contributed by atoms with van der Waals surface area (Å²) in [7, 11) is 3.65. The quantitative estimate of drug-likeness (QED) is 0.834. The Morgan fingerprint density at radius 1 is 1.47 bits per heavy atom. The van der Waals surface area contributed by atoms with Crippen molar-refractivity contribution in [3.63, 3.8) is 0 Å². The Balaban J connectivity index is 2.70. The van der Waals surface area contributed by atoms with Crippen LogP contribution in [0, 0.1) is 6.92 Å². The average molecular weight is 228 g/mol. The highest BCUT2D eigenvalue weighted by atomic mass is 35.5. The van der Waals surface area contributed by atoms with Crippen molar-refractivity contribution in [2.24, 2.45) is 0 Å². The minimum absolute atomic E-state index is 0.315. The molecule has 1 rings (SSSR count). The minimum Gasteiger partial charge on any atom is -0.383 e. The maximum atomic E-state index is 6.16. The number of halogens is 1. The van der Waals surface area contributed by atoms with Gasteiger partial charge in [0.05, 0.1) is 6.61 Å². The summed E-state index contributed by atoms with van der Waals surface area (Å²) in [5, 5.41) is 4.05. The summed E-state index contributed by atoms with van der Waals surface area (Å²) in [6.07, 6.45) is 0.892. The number of aryl methyl sites for hydroxylation is 1. The van der Waals surface area contributed by atoms with Crippen LogP contribution in [0.5, 0.6) is 0 Å². The molecule has 0 aliphatic carbocycles. The van der Waals surface area contributed by atoms with Gasteiger partial charge in [0.25, 0.3) is 0 Å². The molecule has 0 radical (unpaired) electrons. The maximum absolute atomic E-state index is 6.16. The third-order valence-corrected chi connectivity index (χ3v) is 2.80. The van der Waals surface area contributed by atoms with Gasteiger partial charge in [0.1, 0.15) is 0 Å². The maximum Gasteiger partial charge on any atom is 0.0618 e. The SMILES string of the molecule is CNC(COC)Cc1ccc(C)cc1Cl. The predicted octanol–water partition coefficient (Wildman–Crippen LogP) is 2.43. The van der Waals surface area contributed by atoms with Crippen molar-refractivity contribution in [2.75, 3.05) is 20.8 Å². The number of rotatable bonds is 5. The first-order valence-electron chi connectivity index (χ1n) is 5.08. The summed E-state index contributed by atoms with van der Waals surface area (Å²) in [6, 6.07) is 6.48. The first-order chi connectivity index (χ1) is 7.17. The number of benzene rings is 1. The molecule has 0 saturated heterocycles. The lowest BCUT2D eigenvalue weighted by atomic mass is 10.0. The normalized spacial score (nSPS) is 12.8. The Hall–Kier alpha value is -0.570. The topological polar surface area (TPSA) is 21.3 Å². The van der Waals surface area contributed by atoms with Gasteiger partial charge in [-0.25, -0.2) is 0 Å². The van der Waals surface area contributed by atoms with Crippen LogP contribution in [0.3, 0.4) is 0 Å². The molecular formula is C12H18ClNO. The number of hydrogen-bond donors (Lipinski definition) is 1. The smallest absolute Gasteiger partial charge is 0.0618 e. The van der Waals surface area contributed by atoms with Gasteiger partial charge in [-0.3, -0.25) is 0 Å². The fourth-order valence-electron chi connectivity index (χ4n) is 1.53. The summed E-state index contributed by atoms with van der Waals surface area (Å²) in [5.74, 6) is 0. The van der Waals surface area contributed by atoms with E-state index >= 15 is 0 Å². The molecule has 84 valence electrons. The van der Waals surface area contributed by atoms with Crippen LogP contribution in [0.2, 0.25) is 5.02 Å². The van der Waals surface area contributed by atoms with Gasteiger partial charge in [-0.1, -0.05) is 23.7 Å². The molecule has 15 heavy (non-hydrogen) atoms. The molecule has 1 aromatic carbocycles. The number of methoxy groups -OCH3 is 1. The van der Waals surface area contributed by atoms with Gasteiger partial charge >= 0.3 is 0 Å². The second-order valence-corrected chi connectivity index (χ2v) is 4.15. The molecule has 2 nitrogen and oxygen atoms in total. The van der Waals surface area contributed by atoms with Crippen LogP contribution in [0.4, 0.5) is 0 Å². The zero-order valence-corrected chi connectivity index (χ0v) is 10.3. The van der Waals surface area contributed by atoms with Crippen LogP contribution in [0.15, 0.2) is 18.2 Å². The van der Waals surface area contributed by atoms with Gasteiger partial charge in [0, 0.05) is 18.2 Å². The van der Waals surface area contributed by atoms with Crippen LogP contribution < -0.4 is 5.32 Å². The zero-order chi connectivity index (χ0) is 11.3. The lowest BCUT2D eigenvalue weighted by Crippen LogP contribution is -2.32. The van der Waals surface area contributed by atoms with Crippen molar-refractivity contribution < 1.29 is 4.74 Å². The molecule has 0 amide bonds. The van der Waals surface area contributed by atoms with E-state index in [2.05, 4.69) is 17.4 Å². The molecule has 0 bridgehead atoms. The summed E-state index contributed by atoms with van der Waals surface area (Å²) >= 11 is 6.16. The fourth-order valence-corrected chi connectivity index (χ4v) is 1.84. The highest BCUT2D eigenvalue weighted by Gasteiger charge is 2.09. The predicted molar refractivity (Wildman–Crippen MR) is 64.6 cm³/mol. The largest absolute Gasteiger partial charge is 0.383 e. The molecule has 1 N–H and O–H groups in total. The molecule has 0 saturated carbocycles. The zero-order valence-electron chi connectivity index (χ0n) is 9.51. The summed E-state index contributed by atoms with van der Waals surface area (Å²) in [5.41, 5.74) is 2.36. The number of ether oxygens (including phenoxy) is 1. The van der Waals surface area contributed by atoms with Crippen LogP contribution in [0.25, 0.3) is 0 Å². The summed E-state index contributed by atoms with van der Waals surface area (Å²) in [6.45, 7) is 2.74. The van der Waals surface area contributed by atoms with E-state index in [-0.39, 0.29) is 0 Å². The van der Waals surface area contributed by atoms with Gasteiger partial charge in [0.2, 0.25) is 0 Å². The van der Waals surface area contributed by atoms with Gasteiger partial charge in [-0.15, -0.1) is 0 Å². The van der Waals surface area contributed by atoms with E-state index < -0.39 is 0 Å². The van der Waals surface area contributed by atoms with Crippen LogP contribution in [-0.2, 0) is 11.2 Å². The Labute approximate surface area is 96.6 Å². The Morgan fingerprint density at radius 3 is 2.73 bits per heavy atom. The molecule has 1 unspecified atom stereocenters. The van der Waals surface area contributed by atoms with Crippen molar-refractivity contribution in [1.82, 2.24) is 5.32 Å². The molecule has 3 heteroatoms. The highest BCUT2D eigenvalue weighted by Crippen LogP contribution is 2.19. The van der Waals surface area contributed by atoms with Gasteiger partial charge in [-0.05, 0) is 37.6 Å². The third kappa shape index (κ3) is 3.82. The van der Waals surface area contributed by atoms with E-state index in [1.54, 1.807) is 7.11 Å². The van der Waals surface area contributed by atoms with E-state index in [4.69, 9.17) is 16.3 Å². The van der Waals surface area contributed by atoms with Crippen molar-refractivity contribution in [3.8, 4) is 0 Å². The number of nitrogens with one attached hydrogen (secondary N) is 1. The van der Waals surface area contributed by atoms with Crippen molar-refractivity contribution in [2.45, 2.75) is 19.4 Å². The molecule has 1 aromatic rings. The molecule has 0 aliphatic heterocycles. The molecule has 0 aliphatic rings. The van der Waals surface area contributed by atoms with E-state index in [0.717, 1.165) is 11.4 Å². The Morgan fingerprint density at radius 2 is 2.20 bits per heavy atom. The Bertz CT molecular complexity index is 314. The van der Waals surface area contributed by atoms with E-state index in [1.165, 1.54) is 11.1 Å². The first kappa shape index (κ1) is 12.5. The van der Waals surface area contributed by atoms with Crippen molar-refractivity contribution in [3.05, 3.63) is 34.3 Å². The number of hydrogen-bond acceptors (Lipinski definition) is 2. The standard InChI is InChI=1S/C12H18ClNO/c1-9-4-5-10(12(13)6-9)7-11(14-2)8-15-3/h4-6,11,14H,7-8H2,1-3H3. The van der Waals surface area contributed by atoms with Crippen LogP contribution in [0.1, 0.15) is 11.1 Å². The molecule has 0 heterocycles. The minimum atomic E-state index is 0.315. The second kappa shape index (κ2) is 6.11. The van der Waals surface area contributed by atoms with Gasteiger partial charge < -0.3 is 10.1 Å². The second-order valence-electron chi connectivity index (χ2n) is 3.74. The average Bonchev–Trinajstić information content (AvgIpc) is 2.21. The third-order valence-electron chi connectivity index (χ3n) is 2.45. The molecule has 0 fully saturated rings. The lowest BCUT2D eigenvalue weighted by molar-refractivity contribution is 0.169. The Kier molecular flexibility index (Phi) is 5.09. The van der Waals surface area contributed by atoms with Crippen LogP contribution in [-0.4, -0.2) is 26.8 Å². The summed E-state index contributed by atoms with van der Waals surface area (Å²) < 4.78 is 5.13. The van der Waals surface area contributed by atoms with Crippen molar-refractivity contribution in [1.29, 1.82) is 0 Å². The van der Waals surface area contributed by atoms with Gasteiger partial charge in [-0.2, -0.15) is 0 Å². The lowest BCUT2D eigenvalue weighted by Gasteiger charge is -2.16. The van der Waals surface area contributed by atoms with E-state index in [1.807, 2.05) is 20.0 Å². The summed E-state index contributed by atoms with van der Waals surface area (Å²) in [4.78, 5) is 0. The van der Waals surface area contributed by atoms with Crippen molar-refractivity contribution >= 4 is 11.6 Å². The highest BCUT2D eigenvalue weighted by molar-refractivity contribution is 6.31. The molecule has 0 aromatic heterocycles. The monoisotopic (exact) mass is 227 g/mol. The van der Waals surface area contributed by atoms with E-state index in [9.17, 15) is 0 Å². The van der Waals surface area contributed by atoms with Gasteiger partial charge in [0.15, 0.2) is 0 Å².